The van der Waals surface area contributed by atoms with Crippen molar-refractivity contribution in [2.45, 2.75) is 20.0 Å². The first-order valence-corrected chi connectivity index (χ1v) is 6.68. The maximum atomic E-state index is 12.0. The van der Waals surface area contributed by atoms with Crippen LogP contribution in [0.25, 0.3) is 11.0 Å². The van der Waals surface area contributed by atoms with E-state index in [0.29, 0.717) is 6.54 Å². The molecule has 0 aliphatic carbocycles. The molecule has 0 aliphatic heterocycles. The molecule has 0 saturated heterocycles. The number of carbonyl (C=O) groups excluding carboxylic acids is 1. The Kier molecular flexibility index (Phi) is 3.39. The van der Waals surface area contributed by atoms with Gasteiger partial charge in [0.2, 0.25) is 5.91 Å². The lowest BCUT2D eigenvalue weighted by Crippen LogP contribution is -2.27. The van der Waals surface area contributed by atoms with Crippen LogP contribution < -0.4 is 5.32 Å². The summed E-state index contributed by atoms with van der Waals surface area (Å²) in [7, 11) is 1.88. The molecule has 2 heterocycles. The van der Waals surface area contributed by atoms with Crippen LogP contribution in [0.4, 0.5) is 0 Å². The van der Waals surface area contributed by atoms with Crippen molar-refractivity contribution in [3.05, 3.63) is 41.7 Å². The smallest absolute Gasteiger partial charge is 0.242 e. The molecular weight excluding hydrogens is 268 g/mol. The molecule has 0 atom stereocenters. The fourth-order valence-corrected chi connectivity index (χ4v) is 2.14. The van der Waals surface area contributed by atoms with Gasteiger partial charge in [0.25, 0.3) is 0 Å². The Labute approximate surface area is 121 Å². The van der Waals surface area contributed by atoms with Crippen molar-refractivity contribution >= 4 is 16.9 Å². The summed E-state index contributed by atoms with van der Waals surface area (Å²) < 4.78 is 3.38. The molecule has 1 aromatic carbocycles. The highest BCUT2D eigenvalue weighted by molar-refractivity contribution is 5.79. The first-order chi connectivity index (χ1) is 10.1. The average molecular weight is 284 g/mol. The molecule has 3 aromatic rings. The summed E-state index contributed by atoms with van der Waals surface area (Å²) in [5, 5.41) is 15.2. The zero-order chi connectivity index (χ0) is 14.8. The molecule has 0 fully saturated rings. The number of aromatic nitrogens is 5. The molecule has 2 aromatic heterocycles. The van der Waals surface area contributed by atoms with E-state index in [1.165, 1.54) is 0 Å². The van der Waals surface area contributed by atoms with E-state index in [2.05, 4.69) is 20.7 Å². The Morgan fingerprint density at radius 3 is 2.90 bits per heavy atom. The standard InChI is InChI=1S/C14H16N6O/c1-10-7-11(17-19(10)2)8-15-14(21)9-20-13-6-4-3-5-12(13)16-18-20/h3-7H,8-9H2,1-2H3,(H,15,21). The number of carbonyl (C=O) groups is 1. The molecule has 0 spiro atoms. The van der Waals surface area contributed by atoms with E-state index in [9.17, 15) is 4.79 Å². The van der Waals surface area contributed by atoms with Crippen molar-refractivity contribution in [2.24, 2.45) is 7.05 Å². The van der Waals surface area contributed by atoms with Gasteiger partial charge < -0.3 is 5.32 Å². The number of benzene rings is 1. The summed E-state index contributed by atoms with van der Waals surface area (Å²) in [6, 6.07) is 9.50. The number of rotatable bonds is 4. The predicted molar refractivity (Wildman–Crippen MR) is 77.3 cm³/mol. The van der Waals surface area contributed by atoms with Crippen molar-refractivity contribution in [2.75, 3.05) is 0 Å². The molecule has 3 rings (SSSR count). The summed E-state index contributed by atoms with van der Waals surface area (Å²) in [5.74, 6) is -0.117. The number of hydrogen-bond donors (Lipinski definition) is 1. The van der Waals surface area contributed by atoms with Gasteiger partial charge in [-0.2, -0.15) is 5.10 Å². The van der Waals surface area contributed by atoms with Crippen LogP contribution in [0.3, 0.4) is 0 Å². The molecule has 21 heavy (non-hydrogen) atoms. The highest BCUT2D eigenvalue weighted by Gasteiger charge is 2.09. The molecule has 7 heteroatoms. The normalized spacial score (nSPS) is 11.0. The van der Waals surface area contributed by atoms with Crippen LogP contribution in [-0.2, 0) is 24.9 Å². The number of amides is 1. The minimum atomic E-state index is -0.117. The molecule has 0 radical (unpaired) electrons. The lowest BCUT2D eigenvalue weighted by atomic mass is 10.3. The van der Waals surface area contributed by atoms with Gasteiger partial charge in [-0.25, -0.2) is 4.68 Å². The molecule has 7 nitrogen and oxygen atoms in total. The highest BCUT2D eigenvalue weighted by Crippen LogP contribution is 2.09. The maximum absolute atomic E-state index is 12.0. The number of hydrogen-bond acceptors (Lipinski definition) is 4. The van der Waals surface area contributed by atoms with Crippen molar-refractivity contribution in [3.63, 3.8) is 0 Å². The first-order valence-electron chi connectivity index (χ1n) is 6.68. The fraction of sp³-hybridized carbons (Fsp3) is 0.286. The Morgan fingerprint density at radius 2 is 2.14 bits per heavy atom. The van der Waals surface area contributed by atoms with Gasteiger partial charge in [0.1, 0.15) is 12.1 Å². The van der Waals surface area contributed by atoms with Crippen molar-refractivity contribution in [3.8, 4) is 0 Å². The van der Waals surface area contributed by atoms with Crippen LogP contribution in [-0.4, -0.2) is 30.7 Å². The van der Waals surface area contributed by atoms with Crippen LogP contribution >= 0.6 is 0 Å². The summed E-state index contributed by atoms with van der Waals surface area (Å²) in [6.45, 7) is 2.53. The summed E-state index contributed by atoms with van der Waals surface area (Å²) in [4.78, 5) is 12.0. The van der Waals surface area contributed by atoms with Crippen LogP contribution in [0, 0.1) is 6.92 Å². The SMILES string of the molecule is Cc1cc(CNC(=O)Cn2nnc3ccccc32)nn1C. The molecule has 0 unspecified atom stereocenters. The Morgan fingerprint density at radius 1 is 1.33 bits per heavy atom. The Hall–Kier alpha value is -2.70. The molecule has 0 aliphatic rings. The van der Waals surface area contributed by atoms with Crippen LogP contribution in [0.1, 0.15) is 11.4 Å². The van der Waals surface area contributed by atoms with Crippen molar-refractivity contribution < 1.29 is 4.79 Å². The number of nitrogens with zero attached hydrogens (tertiary/aromatic N) is 5. The number of para-hydroxylation sites is 1. The molecule has 108 valence electrons. The molecule has 0 saturated carbocycles. The number of aryl methyl sites for hydroxylation is 2. The summed E-state index contributed by atoms with van der Waals surface area (Å²) in [6.07, 6.45) is 0. The molecular formula is C14H16N6O. The molecule has 0 bridgehead atoms. The second kappa shape index (κ2) is 5.35. The third kappa shape index (κ3) is 2.76. The third-order valence-electron chi connectivity index (χ3n) is 3.34. The van der Waals surface area contributed by atoms with Gasteiger partial charge in [-0.05, 0) is 25.1 Å². The minimum Gasteiger partial charge on any atom is -0.349 e. The van der Waals surface area contributed by atoms with E-state index in [4.69, 9.17) is 0 Å². The van der Waals surface area contributed by atoms with Crippen LogP contribution in [0.2, 0.25) is 0 Å². The van der Waals surface area contributed by atoms with E-state index in [0.717, 1.165) is 22.4 Å². The van der Waals surface area contributed by atoms with E-state index < -0.39 is 0 Å². The van der Waals surface area contributed by atoms with Gasteiger partial charge in [-0.3, -0.25) is 9.48 Å². The minimum absolute atomic E-state index is 0.117. The molecule has 1 N–H and O–H groups in total. The maximum Gasteiger partial charge on any atom is 0.242 e. The van der Waals surface area contributed by atoms with Gasteiger partial charge in [-0.15, -0.1) is 5.10 Å². The predicted octanol–water partition coefficient (Wildman–Crippen LogP) is 0.790. The van der Waals surface area contributed by atoms with E-state index in [1.54, 1.807) is 9.36 Å². The number of fused-ring (bicyclic) bond motifs is 1. The fourth-order valence-electron chi connectivity index (χ4n) is 2.14. The third-order valence-corrected chi connectivity index (χ3v) is 3.34. The van der Waals surface area contributed by atoms with Gasteiger partial charge in [0.15, 0.2) is 0 Å². The zero-order valence-corrected chi connectivity index (χ0v) is 11.9. The van der Waals surface area contributed by atoms with Gasteiger partial charge in [-0.1, -0.05) is 17.3 Å². The second-order valence-electron chi connectivity index (χ2n) is 4.91. The number of nitrogens with one attached hydrogen (secondary N) is 1. The van der Waals surface area contributed by atoms with Gasteiger partial charge in [0.05, 0.1) is 17.8 Å². The van der Waals surface area contributed by atoms with E-state index in [-0.39, 0.29) is 12.5 Å². The van der Waals surface area contributed by atoms with Crippen molar-refractivity contribution in [1.82, 2.24) is 30.1 Å². The summed E-state index contributed by atoms with van der Waals surface area (Å²) >= 11 is 0. The zero-order valence-electron chi connectivity index (χ0n) is 11.9. The van der Waals surface area contributed by atoms with Crippen LogP contribution in [0.15, 0.2) is 30.3 Å². The van der Waals surface area contributed by atoms with Crippen molar-refractivity contribution in [1.29, 1.82) is 0 Å². The first kappa shape index (κ1) is 13.3. The lowest BCUT2D eigenvalue weighted by Gasteiger charge is -2.03. The highest BCUT2D eigenvalue weighted by atomic mass is 16.2. The average Bonchev–Trinajstić information content (AvgIpc) is 3.02. The molecule has 1 amide bonds. The quantitative estimate of drug-likeness (QED) is 0.768. The van der Waals surface area contributed by atoms with Gasteiger partial charge in [0, 0.05) is 12.7 Å². The van der Waals surface area contributed by atoms with Gasteiger partial charge >= 0.3 is 0 Å². The Balaban J connectivity index is 1.64. The summed E-state index contributed by atoms with van der Waals surface area (Å²) in [5.41, 5.74) is 3.53. The largest absolute Gasteiger partial charge is 0.349 e. The van der Waals surface area contributed by atoms with E-state index >= 15 is 0 Å². The monoisotopic (exact) mass is 284 g/mol. The lowest BCUT2D eigenvalue weighted by molar-refractivity contribution is -0.122. The topological polar surface area (TPSA) is 77.6 Å². The Bertz CT molecular complexity index is 768. The van der Waals surface area contributed by atoms with Crippen LogP contribution in [0.5, 0.6) is 0 Å². The second-order valence-corrected chi connectivity index (χ2v) is 4.91. The van der Waals surface area contributed by atoms with E-state index in [1.807, 2.05) is 44.3 Å².